The molecule has 30 heavy (non-hydrogen) atoms. The van der Waals surface area contributed by atoms with Crippen molar-refractivity contribution >= 4 is 27.5 Å². The highest BCUT2D eigenvalue weighted by Gasteiger charge is 2.29. The molecule has 0 atom stereocenters. The molecule has 2 aromatic carbocycles. The van der Waals surface area contributed by atoms with Gasteiger partial charge in [0.2, 0.25) is 0 Å². The second-order valence-corrected chi connectivity index (χ2v) is 7.72. The Balaban J connectivity index is 1.68. The molecule has 0 unspecified atom stereocenters. The van der Waals surface area contributed by atoms with E-state index in [-0.39, 0.29) is 5.56 Å². The largest absolute Gasteiger partial charge is 0.398 e. The first-order valence-corrected chi connectivity index (χ1v) is 9.90. The maximum absolute atomic E-state index is 13.2. The van der Waals surface area contributed by atoms with Crippen molar-refractivity contribution in [2.75, 3.05) is 5.73 Å². The number of aromatic nitrogens is 5. The molecule has 146 valence electrons. The molecule has 7 heteroatoms. The second-order valence-electron chi connectivity index (χ2n) is 7.72. The van der Waals surface area contributed by atoms with Crippen LogP contribution in [0.15, 0.2) is 59.8 Å². The van der Waals surface area contributed by atoms with E-state index < -0.39 is 0 Å². The highest BCUT2D eigenvalue weighted by molar-refractivity contribution is 6.06. The summed E-state index contributed by atoms with van der Waals surface area (Å²) in [4.78, 5) is 25.0. The summed E-state index contributed by atoms with van der Waals surface area (Å²) < 4.78 is 0. The lowest BCUT2D eigenvalue weighted by atomic mass is 9.94. The zero-order chi connectivity index (χ0) is 20.2. The fourth-order valence-corrected chi connectivity index (χ4v) is 4.14. The van der Waals surface area contributed by atoms with Gasteiger partial charge >= 0.3 is 0 Å². The normalized spacial score (nSPS) is 13.9. The third kappa shape index (κ3) is 2.52. The molecule has 4 N–H and O–H groups in total. The molecule has 7 nitrogen and oxygen atoms in total. The number of benzene rings is 2. The van der Waals surface area contributed by atoms with Crippen LogP contribution in [-0.4, -0.2) is 25.1 Å². The Labute approximate surface area is 171 Å². The highest BCUT2D eigenvalue weighted by atomic mass is 16.1. The Hall–Kier alpha value is -4.00. The van der Waals surface area contributed by atoms with E-state index in [1.165, 1.54) is 0 Å². The first kappa shape index (κ1) is 16.9. The van der Waals surface area contributed by atoms with Crippen LogP contribution in [0.2, 0.25) is 0 Å². The quantitative estimate of drug-likeness (QED) is 0.401. The SMILES string of the molecule is Nc1c(-c2cccc3[nH]ncc23)cc(C2CC2)c2nc(-c3cccnc3)[nH]c(=O)c12. The summed E-state index contributed by atoms with van der Waals surface area (Å²) in [6.45, 7) is 0. The van der Waals surface area contributed by atoms with Crippen molar-refractivity contribution in [3.63, 3.8) is 0 Å². The Kier molecular flexibility index (Phi) is 3.52. The van der Waals surface area contributed by atoms with Gasteiger partial charge in [-0.15, -0.1) is 0 Å². The lowest BCUT2D eigenvalue weighted by molar-refractivity contribution is 1.11. The van der Waals surface area contributed by atoms with E-state index in [1.807, 2.05) is 30.3 Å². The van der Waals surface area contributed by atoms with Gasteiger partial charge in [-0.25, -0.2) is 4.98 Å². The van der Waals surface area contributed by atoms with Gasteiger partial charge in [0.15, 0.2) is 0 Å². The summed E-state index contributed by atoms with van der Waals surface area (Å²) in [6, 6.07) is 11.8. The number of fused-ring (bicyclic) bond motifs is 2. The van der Waals surface area contributed by atoms with Crippen molar-refractivity contribution in [1.29, 1.82) is 0 Å². The van der Waals surface area contributed by atoms with Crippen molar-refractivity contribution in [2.24, 2.45) is 0 Å². The fraction of sp³-hybridized carbons (Fsp3) is 0.130. The lowest BCUT2D eigenvalue weighted by Gasteiger charge is -2.14. The first-order chi connectivity index (χ1) is 14.7. The van der Waals surface area contributed by atoms with E-state index in [2.05, 4.69) is 26.2 Å². The molecule has 3 heterocycles. The fourth-order valence-electron chi connectivity index (χ4n) is 4.14. The monoisotopic (exact) mass is 394 g/mol. The molecular weight excluding hydrogens is 376 g/mol. The Bertz CT molecular complexity index is 1480. The van der Waals surface area contributed by atoms with Crippen molar-refractivity contribution in [3.8, 4) is 22.5 Å². The Morgan fingerprint density at radius 2 is 1.97 bits per heavy atom. The predicted octanol–water partition coefficient (Wildman–Crippen LogP) is 3.99. The van der Waals surface area contributed by atoms with Gasteiger partial charge in [-0.1, -0.05) is 12.1 Å². The van der Waals surface area contributed by atoms with E-state index in [0.29, 0.717) is 28.3 Å². The standard InChI is InChI=1S/C23H18N6O/c24-20-16(14-4-1-5-18-17(14)11-26-29-18)9-15(12-6-7-12)21-19(20)23(30)28-22(27-21)13-3-2-8-25-10-13/h1-5,8-12H,6-7,24H2,(H,26,29)(H,27,28,30). The van der Waals surface area contributed by atoms with Crippen LogP contribution in [0.5, 0.6) is 0 Å². The molecule has 0 radical (unpaired) electrons. The summed E-state index contributed by atoms with van der Waals surface area (Å²) >= 11 is 0. The predicted molar refractivity (Wildman–Crippen MR) is 117 cm³/mol. The molecule has 0 amide bonds. The molecular formula is C23H18N6O. The third-order valence-electron chi connectivity index (χ3n) is 5.78. The number of nitrogen functional groups attached to an aromatic ring is 1. The zero-order valence-corrected chi connectivity index (χ0v) is 16.0. The van der Waals surface area contributed by atoms with Crippen molar-refractivity contribution < 1.29 is 0 Å². The van der Waals surface area contributed by atoms with Gasteiger partial charge < -0.3 is 10.7 Å². The molecule has 1 aliphatic rings. The number of nitrogens with one attached hydrogen (secondary N) is 2. The second kappa shape index (κ2) is 6.25. The van der Waals surface area contributed by atoms with E-state index in [1.54, 1.807) is 18.6 Å². The number of nitrogens with two attached hydrogens (primary N) is 1. The summed E-state index contributed by atoms with van der Waals surface area (Å²) in [5, 5.41) is 8.58. The number of H-pyrrole nitrogens is 2. The first-order valence-electron chi connectivity index (χ1n) is 9.90. The molecule has 1 saturated carbocycles. The molecule has 1 aliphatic carbocycles. The average molecular weight is 394 g/mol. The minimum Gasteiger partial charge on any atom is -0.398 e. The number of rotatable bonds is 3. The van der Waals surface area contributed by atoms with Gasteiger partial charge in [-0.2, -0.15) is 5.10 Å². The topological polar surface area (TPSA) is 113 Å². The van der Waals surface area contributed by atoms with Crippen LogP contribution in [0.4, 0.5) is 5.69 Å². The van der Waals surface area contributed by atoms with Crippen LogP contribution in [0.25, 0.3) is 44.3 Å². The van der Waals surface area contributed by atoms with Crippen molar-refractivity contribution in [1.82, 2.24) is 25.1 Å². The van der Waals surface area contributed by atoms with E-state index >= 15 is 0 Å². The summed E-state index contributed by atoms with van der Waals surface area (Å²) in [7, 11) is 0. The van der Waals surface area contributed by atoms with Crippen LogP contribution in [0.1, 0.15) is 24.3 Å². The Morgan fingerprint density at radius 1 is 1.07 bits per heavy atom. The van der Waals surface area contributed by atoms with Crippen LogP contribution < -0.4 is 11.3 Å². The molecule has 1 fully saturated rings. The average Bonchev–Trinajstić information content (AvgIpc) is 3.50. The molecule has 6 rings (SSSR count). The molecule has 0 saturated heterocycles. The van der Waals surface area contributed by atoms with Gasteiger partial charge in [-0.3, -0.25) is 14.9 Å². The van der Waals surface area contributed by atoms with Gasteiger partial charge in [0.1, 0.15) is 5.82 Å². The van der Waals surface area contributed by atoms with Gasteiger partial charge in [0.25, 0.3) is 5.56 Å². The van der Waals surface area contributed by atoms with E-state index in [0.717, 1.165) is 46.0 Å². The maximum atomic E-state index is 13.2. The minimum absolute atomic E-state index is 0.237. The molecule has 0 aliphatic heterocycles. The van der Waals surface area contributed by atoms with E-state index in [9.17, 15) is 4.79 Å². The molecule has 3 aromatic heterocycles. The maximum Gasteiger partial charge on any atom is 0.261 e. The number of anilines is 1. The van der Waals surface area contributed by atoms with Gasteiger partial charge in [0, 0.05) is 28.9 Å². The smallest absolute Gasteiger partial charge is 0.261 e. The summed E-state index contributed by atoms with van der Waals surface area (Å²) in [5.41, 5.74) is 12.0. The highest BCUT2D eigenvalue weighted by Crippen LogP contribution is 2.46. The lowest BCUT2D eigenvalue weighted by Crippen LogP contribution is -2.13. The Morgan fingerprint density at radius 3 is 2.77 bits per heavy atom. The van der Waals surface area contributed by atoms with Gasteiger partial charge in [0.05, 0.1) is 28.3 Å². The zero-order valence-electron chi connectivity index (χ0n) is 16.0. The number of hydrogen-bond donors (Lipinski definition) is 3. The number of nitrogens with zero attached hydrogens (tertiary/aromatic N) is 3. The van der Waals surface area contributed by atoms with Crippen LogP contribution in [-0.2, 0) is 0 Å². The van der Waals surface area contributed by atoms with Crippen LogP contribution in [0, 0.1) is 0 Å². The summed E-state index contributed by atoms with van der Waals surface area (Å²) in [6.07, 6.45) is 7.35. The number of pyridine rings is 1. The third-order valence-corrected chi connectivity index (χ3v) is 5.78. The van der Waals surface area contributed by atoms with Crippen LogP contribution in [0.3, 0.4) is 0 Å². The molecule has 0 bridgehead atoms. The molecule has 5 aromatic rings. The molecule has 0 spiro atoms. The van der Waals surface area contributed by atoms with E-state index in [4.69, 9.17) is 10.7 Å². The van der Waals surface area contributed by atoms with Crippen molar-refractivity contribution in [3.05, 3.63) is 70.9 Å². The summed E-state index contributed by atoms with van der Waals surface area (Å²) in [5.74, 6) is 0.901. The number of hydrogen-bond acceptors (Lipinski definition) is 5. The van der Waals surface area contributed by atoms with Gasteiger partial charge in [-0.05, 0) is 54.2 Å². The number of aromatic amines is 2. The van der Waals surface area contributed by atoms with Crippen LogP contribution >= 0.6 is 0 Å². The van der Waals surface area contributed by atoms with Crippen molar-refractivity contribution in [2.45, 2.75) is 18.8 Å². The minimum atomic E-state index is -0.237.